The number of likely N-dealkylation sites (N-methyl/N-ethyl adjacent to an activating group) is 1. The van der Waals surface area contributed by atoms with Crippen molar-refractivity contribution in [1.29, 1.82) is 0 Å². The summed E-state index contributed by atoms with van der Waals surface area (Å²) < 4.78 is 0. The van der Waals surface area contributed by atoms with Gasteiger partial charge >= 0.3 is 0 Å². The molecule has 98 valence electrons. The first-order valence-electron chi connectivity index (χ1n) is 6.21. The van der Waals surface area contributed by atoms with Gasteiger partial charge in [0.2, 0.25) is 5.91 Å². The van der Waals surface area contributed by atoms with Crippen molar-refractivity contribution in [3.63, 3.8) is 0 Å². The summed E-state index contributed by atoms with van der Waals surface area (Å²) in [5, 5.41) is 9.41. The number of anilines is 1. The van der Waals surface area contributed by atoms with Crippen LogP contribution in [0, 0.1) is 0 Å². The lowest BCUT2D eigenvalue weighted by atomic mass is 10.2. The van der Waals surface area contributed by atoms with Gasteiger partial charge in [-0.2, -0.15) is 0 Å². The second kappa shape index (κ2) is 5.35. The van der Waals surface area contributed by atoms with E-state index < -0.39 is 6.10 Å². The summed E-state index contributed by atoms with van der Waals surface area (Å²) in [7, 11) is 1.83. The average Bonchev–Trinajstić information content (AvgIpc) is 2.52. The molecule has 0 spiro atoms. The lowest BCUT2D eigenvalue weighted by molar-refractivity contribution is -0.127. The van der Waals surface area contributed by atoms with Crippen LogP contribution in [0.15, 0.2) is 18.3 Å². The first-order valence-corrected chi connectivity index (χ1v) is 6.21. The van der Waals surface area contributed by atoms with Gasteiger partial charge in [0, 0.05) is 20.1 Å². The zero-order valence-corrected chi connectivity index (χ0v) is 10.8. The van der Waals surface area contributed by atoms with Crippen LogP contribution in [0.5, 0.6) is 0 Å². The number of amides is 1. The summed E-state index contributed by atoms with van der Waals surface area (Å²) in [6.07, 6.45) is 2.12. The van der Waals surface area contributed by atoms with Gasteiger partial charge in [0.05, 0.1) is 30.2 Å². The number of nitrogens with zero attached hydrogens (tertiary/aromatic N) is 3. The largest absolute Gasteiger partial charge is 0.387 e. The van der Waals surface area contributed by atoms with Crippen LogP contribution in [0.25, 0.3) is 0 Å². The van der Waals surface area contributed by atoms with Crippen LogP contribution in [0.4, 0.5) is 5.69 Å². The number of aliphatic hydroxyl groups excluding tert-OH is 1. The van der Waals surface area contributed by atoms with Gasteiger partial charge in [-0.25, -0.2) is 0 Å². The molecule has 0 radical (unpaired) electrons. The van der Waals surface area contributed by atoms with Crippen molar-refractivity contribution in [2.45, 2.75) is 19.4 Å². The Hall–Kier alpha value is -1.62. The second-order valence-corrected chi connectivity index (χ2v) is 4.71. The number of carbonyl (C=O) groups is 1. The monoisotopic (exact) mass is 249 g/mol. The molecule has 1 atom stereocenters. The predicted molar refractivity (Wildman–Crippen MR) is 69.3 cm³/mol. The molecule has 2 heterocycles. The molecular weight excluding hydrogens is 230 g/mol. The van der Waals surface area contributed by atoms with Gasteiger partial charge in [-0.1, -0.05) is 0 Å². The molecule has 1 fully saturated rings. The Bertz CT molecular complexity index is 417. The first kappa shape index (κ1) is 12.8. The average molecular weight is 249 g/mol. The summed E-state index contributed by atoms with van der Waals surface area (Å²) in [4.78, 5) is 19.8. The fourth-order valence-corrected chi connectivity index (χ4v) is 2.04. The maximum absolute atomic E-state index is 11.8. The third-order valence-electron chi connectivity index (χ3n) is 3.24. The quantitative estimate of drug-likeness (QED) is 0.842. The Labute approximate surface area is 107 Å². The minimum Gasteiger partial charge on any atom is -0.387 e. The number of hydrogen-bond donors (Lipinski definition) is 1. The zero-order valence-electron chi connectivity index (χ0n) is 10.8. The van der Waals surface area contributed by atoms with Crippen LogP contribution in [-0.2, 0) is 4.79 Å². The Balaban J connectivity index is 2.13. The third kappa shape index (κ3) is 2.79. The van der Waals surface area contributed by atoms with E-state index in [2.05, 4.69) is 4.98 Å². The molecule has 1 aliphatic heterocycles. The molecule has 2 rings (SSSR count). The highest BCUT2D eigenvalue weighted by Crippen LogP contribution is 2.18. The van der Waals surface area contributed by atoms with Crippen molar-refractivity contribution < 1.29 is 9.90 Å². The van der Waals surface area contributed by atoms with Crippen molar-refractivity contribution in [1.82, 2.24) is 9.88 Å². The van der Waals surface area contributed by atoms with Crippen LogP contribution in [0.2, 0.25) is 0 Å². The SMILES string of the molecule is CC(O)c1ccc(N2CCCN(C)C(=O)C2)cn1. The van der Waals surface area contributed by atoms with Gasteiger partial charge in [-0.15, -0.1) is 0 Å². The molecular formula is C13H19N3O2. The molecule has 1 aromatic rings. The van der Waals surface area contributed by atoms with Crippen molar-refractivity contribution >= 4 is 11.6 Å². The first-order chi connectivity index (χ1) is 8.58. The minimum atomic E-state index is -0.559. The van der Waals surface area contributed by atoms with E-state index in [0.29, 0.717) is 12.2 Å². The number of aliphatic hydroxyl groups is 1. The van der Waals surface area contributed by atoms with Crippen molar-refractivity contribution in [3.8, 4) is 0 Å². The van der Waals surface area contributed by atoms with E-state index >= 15 is 0 Å². The molecule has 0 aliphatic carbocycles. The number of rotatable bonds is 2. The van der Waals surface area contributed by atoms with Crippen LogP contribution in [-0.4, -0.2) is 47.6 Å². The Kier molecular flexibility index (Phi) is 3.81. The minimum absolute atomic E-state index is 0.132. The molecule has 1 aromatic heterocycles. The fraction of sp³-hybridized carbons (Fsp3) is 0.538. The van der Waals surface area contributed by atoms with E-state index in [9.17, 15) is 9.90 Å². The van der Waals surface area contributed by atoms with Gasteiger partial charge in [0.1, 0.15) is 0 Å². The molecule has 0 bridgehead atoms. The van der Waals surface area contributed by atoms with Crippen LogP contribution in [0.3, 0.4) is 0 Å². The van der Waals surface area contributed by atoms with E-state index in [1.54, 1.807) is 24.1 Å². The summed E-state index contributed by atoms with van der Waals surface area (Å²) in [5.74, 6) is 0.132. The molecule has 1 saturated heterocycles. The van der Waals surface area contributed by atoms with Crippen LogP contribution < -0.4 is 4.90 Å². The number of carbonyl (C=O) groups excluding carboxylic acids is 1. The standard InChI is InChI=1S/C13H19N3O2/c1-10(17)12-5-4-11(8-14-12)16-7-3-6-15(2)13(18)9-16/h4-5,8,10,17H,3,6-7,9H2,1-2H3. The van der Waals surface area contributed by atoms with Crippen molar-refractivity contribution in [2.75, 3.05) is 31.6 Å². The lowest BCUT2D eigenvalue weighted by Gasteiger charge is -2.21. The maximum Gasteiger partial charge on any atom is 0.241 e. The lowest BCUT2D eigenvalue weighted by Crippen LogP contribution is -2.34. The van der Waals surface area contributed by atoms with Crippen molar-refractivity contribution in [3.05, 3.63) is 24.0 Å². The summed E-state index contributed by atoms with van der Waals surface area (Å²) >= 11 is 0. The van der Waals surface area contributed by atoms with Gasteiger partial charge in [-0.05, 0) is 25.5 Å². The van der Waals surface area contributed by atoms with Gasteiger partial charge < -0.3 is 14.9 Å². The van der Waals surface area contributed by atoms with Gasteiger partial charge in [-0.3, -0.25) is 9.78 Å². The molecule has 5 nitrogen and oxygen atoms in total. The molecule has 18 heavy (non-hydrogen) atoms. The summed E-state index contributed by atoms with van der Waals surface area (Å²) in [6.45, 7) is 3.74. The molecule has 1 aliphatic rings. The maximum atomic E-state index is 11.8. The van der Waals surface area contributed by atoms with Gasteiger partial charge in [0.25, 0.3) is 0 Å². The normalized spacial score (nSPS) is 18.7. The fourth-order valence-electron chi connectivity index (χ4n) is 2.04. The van der Waals surface area contributed by atoms with Crippen LogP contribution in [0.1, 0.15) is 25.1 Å². The summed E-state index contributed by atoms with van der Waals surface area (Å²) in [6, 6.07) is 3.72. The predicted octanol–water partition coefficient (Wildman–Crippen LogP) is 0.803. The van der Waals surface area contributed by atoms with Crippen molar-refractivity contribution in [2.24, 2.45) is 0 Å². The van der Waals surface area contributed by atoms with E-state index in [4.69, 9.17) is 0 Å². The number of aromatic nitrogens is 1. The Morgan fingerprint density at radius 3 is 2.78 bits per heavy atom. The molecule has 0 saturated carbocycles. The highest BCUT2D eigenvalue weighted by molar-refractivity contribution is 5.81. The molecule has 1 N–H and O–H groups in total. The Morgan fingerprint density at radius 1 is 1.39 bits per heavy atom. The molecule has 5 heteroatoms. The highest BCUT2D eigenvalue weighted by atomic mass is 16.3. The third-order valence-corrected chi connectivity index (χ3v) is 3.24. The summed E-state index contributed by atoms with van der Waals surface area (Å²) in [5.41, 5.74) is 1.58. The van der Waals surface area contributed by atoms with E-state index in [1.165, 1.54) is 0 Å². The van der Waals surface area contributed by atoms with E-state index in [-0.39, 0.29) is 5.91 Å². The van der Waals surface area contributed by atoms with Gasteiger partial charge in [0.15, 0.2) is 0 Å². The zero-order chi connectivity index (χ0) is 13.1. The van der Waals surface area contributed by atoms with E-state index in [1.807, 2.05) is 18.0 Å². The Morgan fingerprint density at radius 2 is 2.17 bits per heavy atom. The van der Waals surface area contributed by atoms with Crippen LogP contribution >= 0.6 is 0 Å². The molecule has 1 amide bonds. The number of hydrogen-bond acceptors (Lipinski definition) is 4. The number of pyridine rings is 1. The van der Waals surface area contributed by atoms with E-state index in [0.717, 1.165) is 25.2 Å². The topological polar surface area (TPSA) is 56.7 Å². The smallest absolute Gasteiger partial charge is 0.241 e. The molecule has 0 aromatic carbocycles. The second-order valence-electron chi connectivity index (χ2n) is 4.71. The highest BCUT2D eigenvalue weighted by Gasteiger charge is 2.19. The molecule has 1 unspecified atom stereocenters.